The van der Waals surface area contributed by atoms with Gasteiger partial charge >= 0.3 is 5.97 Å². The molecule has 0 spiro atoms. The molecular formula is C15H17NO5. The second-order valence-corrected chi connectivity index (χ2v) is 4.43. The first kappa shape index (κ1) is 14.9. The second-order valence-electron chi connectivity index (χ2n) is 4.43. The lowest BCUT2D eigenvalue weighted by molar-refractivity contribution is -0.146. The van der Waals surface area contributed by atoms with Crippen molar-refractivity contribution in [2.45, 2.75) is 19.9 Å². The van der Waals surface area contributed by atoms with Crippen LogP contribution in [0.1, 0.15) is 19.4 Å². The number of nitrogens with one attached hydrogen (secondary N) is 1. The summed E-state index contributed by atoms with van der Waals surface area (Å²) >= 11 is 0. The summed E-state index contributed by atoms with van der Waals surface area (Å²) in [4.78, 5) is 23.1. The van der Waals surface area contributed by atoms with Gasteiger partial charge in [0, 0.05) is 6.08 Å². The molecule has 0 aliphatic carbocycles. The van der Waals surface area contributed by atoms with Crippen molar-refractivity contribution in [1.29, 1.82) is 0 Å². The molecule has 1 N–H and O–H groups in total. The molecule has 1 aromatic rings. The Balaban J connectivity index is 1.91. The average molecular weight is 291 g/mol. The first-order valence-corrected chi connectivity index (χ1v) is 6.65. The van der Waals surface area contributed by atoms with Gasteiger partial charge in [0.1, 0.15) is 6.04 Å². The molecule has 0 fully saturated rings. The van der Waals surface area contributed by atoms with Gasteiger partial charge in [0.15, 0.2) is 11.5 Å². The third-order valence-corrected chi connectivity index (χ3v) is 2.82. The van der Waals surface area contributed by atoms with E-state index in [1.54, 1.807) is 32.1 Å². The SMILES string of the molecule is CCOC(=O)C(C)NC(=O)C=Cc1ccc2c(c1)OCO2. The molecule has 0 saturated carbocycles. The molecule has 0 saturated heterocycles. The summed E-state index contributed by atoms with van der Waals surface area (Å²) in [5.41, 5.74) is 0.804. The number of rotatable bonds is 5. The van der Waals surface area contributed by atoms with E-state index in [-0.39, 0.29) is 19.3 Å². The fourth-order valence-corrected chi connectivity index (χ4v) is 1.78. The monoisotopic (exact) mass is 291 g/mol. The van der Waals surface area contributed by atoms with Gasteiger partial charge in [-0.2, -0.15) is 0 Å². The summed E-state index contributed by atoms with van der Waals surface area (Å²) in [6.45, 7) is 3.78. The maximum absolute atomic E-state index is 11.7. The number of hydrogen-bond acceptors (Lipinski definition) is 5. The molecule has 0 radical (unpaired) electrons. The highest BCUT2D eigenvalue weighted by atomic mass is 16.7. The maximum Gasteiger partial charge on any atom is 0.328 e. The molecule has 1 aliphatic rings. The van der Waals surface area contributed by atoms with E-state index in [1.807, 2.05) is 6.07 Å². The molecule has 6 nitrogen and oxygen atoms in total. The van der Waals surface area contributed by atoms with Crippen LogP contribution in [0.15, 0.2) is 24.3 Å². The van der Waals surface area contributed by atoms with Crippen molar-refractivity contribution in [2.75, 3.05) is 13.4 Å². The van der Waals surface area contributed by atoms with Crippen molar-refractivity contribution in [3.05, 3.63) is 29.8 Å². The largest absolute Gasteiger partial charge is 0.464 e. The summed E-state index contributed by atoms with van der Waals surface area (Å²) < 4.78 is 15.3. The van der Waals surface area contributed by atoms with Gasteiger partial charge < -0.3 is 19.5 Å². The summed E-state index contributed by atoms with van der Waals surface area (Å²) in [5, 5.41) is 2.53. The molecule has 1 amide bonds. The predicted octanol–water partition coefficient (Wildman–Crippen LogP) is 1.50. The normalized spacial score (nSPS) is 14.0. The molecule has 2 rings (SSSR count). The number of fused-ring (bicyclic) bond motifs is 1. The van der Waals surface area contributed by atoms with Crippen LogP contribution in [-0.2, 0) is 14.3 Å². The van der Waals surface area contributed by atoms with Crippen LogP contribution < -0.4 is 14.8 Å². The van der Waals surface area contributed by atoms with E-state index in [0.717, 1.165) is 5.56 Å². The third kappa shape index (κ3) is 3.98. The van der Waals surface area contributed by atoms with Gasteiger partial charge in [-0.1, -0.05) is 6.07 Å². The highest BCUT2D eigenvalue weighted by Crippen LogP contribution is 2.32. The van der Waals surface area contributed by atoms with E-state index in [9.17, 15) is 9.59 Å². The zero-order valence-corrected chi connectivity index (χ0v) is 11.9. The minimum absolute atomic E-state index is 0.208. The summed E-state index contributed by atoms with van der Waals surface area (Å²) in [7, 11) is 0. The Labute approximate surface area is 122 Å². The molecule has 0 aromatic heterocycles. The van der Waals surface area contributed by atoms with Gasteiger partial charge in [-0.25, -0.2) is 4.79 Å². The third-order valence-electron chi connectivity index (χ3n) is 2.82. The fourth-order valence-electron chi connectivity index (χ4n) is 1.78. The summed E-state index contributed by atoms with van der Waals surface area (Å²) in [6.07, 6.45) is 2.99. The Bertz CT molecular complexity index is 567. The quantitative estimate of drug-likeness (QED) is 0.657. The molecule has 0 bridgehead atoms. The number of hydrogen-bond donors (Lipinski definition) is 1. The smallest absolute Gasteiger partial charge is 0.328 e. The van der Waals surface area contributed by atoms with E-state index in [1.165, 1.54) is 6.08 Å². The van der Waals surface area contributed by atoms with Crippen molar-refractivity contribution >= 4 is 18.0 Å². The molecule has 1 aromatic carbocycles. The van der Waals surface area contributed by atoms with Crippen molar-refractivity contribution in [3.8, 4) is 11.5 Å². The summed E-state index contributed by atoms with van der Waals surface area (Å²) in [5.74, 6) is 0.514. The fraction of sp³-hybridized carbons (Fsp3) is 0.333. The minimum atomic E-state index is -0.682. The van der Waals surface area contributed by atoms with Gasteiger partial charge in [0.2, 0.25) is 12.7 Å². The minimum Gasteiger partial charge on any atom is -0.464 e. The molecule has 112 valence electrons. The zero-order chi connectivity index (χ0) is 15.2. The Hall–Kier alpha value is -2.50. The second kappa shape index (κ2) is 6.78. The van der Waals surface area contributed by atoms with Crippen LogP contribution in [0.3, 0.4) is 0 Å². The van der Waals surface area contributed by atoms with Crippen LogP contribution in [0.5, 0.6) is 11.5 Å². The van der Waals surface area contributed by atoms with Crippen molar-refractivity contribution in [3.63, 3.8) is 0 Å². The van der Waals surface area contributed by atoms with E-state index in [0.29, 0.717) is 11.5 Å². The highest BCUT2D eigenvalue weighted by Gasteiger charge is 2.15. The Morgan fingerprint density at radius 3 is 2.90 bits per heavy atom. The van der Waals surface area contributed by atoms with Crippen LogP contribution in [0.2, 0.25) is 0 Å². The summed E-state index contributed by atoms with van der Waals surface area (Å²) in [6, 6.07) is 4.69. The first-order chi connectivity index (χ1) is 10.1. The first-order valence-electron chi connectivity index (χ1n) is 6.65. The van der Waals surface area contributed by atoms with E-state index >= 15 is 0 Å². The molecule has 21 heavy (non-hydrogen) atoms. The zero-order valence-electron chi connectivity index (χ0n) is 11.9. The Morgan fingerprint density at radius 2 is 2.14 bits per heavy atom. The van der Waals surface area contributed by atoms with Gasteiger partial charge in [0.25, 0.3) is 0 Å². The van der Waals surface area contributed by atoms with Crippen molar-refractivity contribution in [1.82, 2.24) is 5.32 Å². The maximum atomic E-state index is 11.7. The van der Waals surface area contributed by atoms with Crippen LogP contribution in [0, 0.1) is 0 Å². The van der Waals surface area contributed by atoms with Gasteiger partial charge in [0.05, 0.1) is 6.61 Å². The van der Waals surface area contributed by atoms with Gasteiger partial charge in [-0.15, -0.1) is 0 Å². The van der Waals surface area contributed by atoms with Crippen molar-refractivity contribution < 1.29 is 23.8 Å². The van der Waals surface area contributed by atoms with Crippen LogP contribution >= 0.6 is 0 Å². The van der Waals surface area contributed by atoms with Crippen LogP contribution in [-0.4, -0.2) is 31.3 Å². The number of amides is 1. The number of benzene rings is 1. The number of carbonyl (C=O) groups is 2. The lowest BCUT2D eigenvalue weighted by Crippen LogP contribution is -2.38. The van der Waals surface area contributed by atoms with E-state index < -0.39 is 12.0 Å². The molecule has 1 aliphatic heterocycles. The standard InChI is InChI=1S/C15H17NO5/c1-3-19-15(18)10(2)16-14(17)7-5-11-4-6-12-13(8-11)21-9-20-12/h4-8,10H,3,9H2,1-2H3,(H,16,17). The number of carbonyl (C=O) groups excluding carboxylic acids is 2. The van der Waals surface area contributed by atoms with Crippen LogP contribution in [0.4, 0.5) is 0 Å². The van der Waals surface area contributed by atoms with Crippen molar-refractivity contribution in [2.24, 2.45) is 0 Å². The van der Waals surface area contributed by atoms with Gasteiger partial charge in [-0.3, -0.25) is 4.79 Å². The van der Waals surface area contributed by atoms with E-state index in [2.05, 4.69) is 5.32 Å². The number of ether oxygens (including phenoxy) is 3. The molecule has 1 heterocycles. The lowest BCUT2D eigenvalue weighted by atomic mass is 10.2. The topological polar surface area (TPSA) is 73.9 Å². The molecule has 1 unspecified atom stereocenters. The van der Waals surface area contributed by atoms with Gasteiger partial charge in [-0.05, 0) is 37.6 Å². The highest BCUT2D eigenvalue weighted by molar-refractivity contribution is 5.94. The predicted molar refractivity (Wildman–Crippen MR) is 75.8 cm³/mol. The molecule has 1 atom stereocenters. The lowest BCUT2D eigenvalue weighted by Gasteiger charge is -2.10. The Kier molecular flexibility index (Phi) is 4.81. The molecular weight excluding hydrogens is 274 g/mol. The number of esters is 1. The van der Waals surface area contributed by atoms with E-state index in [4.69, 9.17) is 14.2 Å². The Morgan fingerprint density at radius 1 is 1.38 bits per heavy atom. The van der Waals surface area contributed by atoms with Crippen LogP contribution in [0.25, 0.3) is 6.08 Å². The molecule has 6 heteroatoms. The average Bonchev–Trinajstić information content (AvgIpc) is 2.92.